The molecule has 0 saturated carbocycles. The van der Waals surface area contributed by atoms with Crippen LogP contribution in [0.15, 0.2) is 6.33 Å². The Labute approximate surface area is 107 Å². The van der Waals surface area contributed by atoms with Crippen LogP contribution in [-0.4, -0.2) is 31.9 Å². The summed E-state index contributed by atoms with van der Waals surface area (Å²) in [7, 11) is 1.86. The van der Waals surface area contributed by atoms with Crippen molar-refractivity contribution in [2.45, 2.75) is 45.7 Å². The predicted molar refractivity (Wildman–Crippen MR) is 68.0 cm³/mol. The highest BCUT2D eigenvalue weighted by atomic mass is 16.4. The summed E-state index contributed by atoms with van der Waals surface area (Å²) >= 11 is 0. The lowest BCUT2D eigenvalue weighted by Gasteiger charge is -2.14. The molecular weight excluding hydrogens is 232 g/mol. The Bertz CT molecular complexity index is 378. The van der Waals surface area contributed by atoms with Crippen LogP contribution in [-0.2, 0) is 18.4 Å². The molecule has 2 unspecified atom stereocenters. The van der Waals surface area contributed by atoms with Gasteiger partial charge in [-0.25, -0.2) is 4.98 Å². The molecule has 1 heterocycles. The van der Waals surface area contributed by atoms with Crippen molar-refractivity contribution in [2.24, 2.45) is 13.0 Å². The molecular formula is C12H22N4O2. The van der Waals surface area contributed by atoms with Gasteiger partial charge in [-0.1, -0.05) is 13.3 Å². The van der Waals surface area contributed by atoms with E-state index in [1.165, 1.54) is 6.33 Å². The molecule has 1 aromatic rings. The van der Waals surface area contributed by atoms with E-state index in [-0.39, 0.29) is 5.92 Å². The summed E-state index contributed by atoms with van der Waals surface area (Å²) in [6.45, 7) is 4.54. The van der Waals surface area contributed by atoms with Crippen LogP contribution in [0.4, 0.5) is 0 Å². The zero-order valence-electron chi connectivity index (χ0n) is 11.3. The summed E-state index contributed by atoms with van der Waals surface area (Å²) in [5.41, 5.74) is 0. The van der Waals surface area contributed by atoms with E-state index in [4.69, 9.17) is 5.11 Å². The number of nitrogens with zero attached hydrogens (tertiary/aromatic N) is 3. The van der Waals surface area contributed by atoms with E-state index < -0.39 is 5.97 Å². The van der Waals surface area contributed by atoms with E-state index in [9.17, 15) is 4.79 Å². The van der Waals surface area contributed by atoms with Crippen LogP contribution in [0, 0.1) is 5.92 Å². The number of carboxylic acid groups (broad SMARTS) is 1. The van der Waals surface area contributed by atoms with Gasteiger partial charge in [0.15, 0.2) is 0 Å². The first kappa shape index (κ1) is 14.6. The molecule has 6 heteroatoms. The van der Waals surface area contributed by atoms with Crippen molar-refractivity contribution in [3.8, 4) is 0 Å². The first-order valence-corrected chi connectivity index (χ1v) is 6.29. The molecule has 0 aliphatic carbocycles. The summed E-state index contributed by atoms with van der Waals surface area (Å²) in [4.78, 5) is 14.8. The third kappa shape index (κ3) is 4.83. The summed E-state index contributed by atoms with van der Waals surface area (Å²) in [6.07, 6.45) is 4.15. The lowest BCUT2D eigenvalue weighted by atomic mass is 10.0. The van der Waals surface area contributed by atoms with Gasteiger partial charge in [0, 0.05) is 13.1 Å². The molecule has 0 aliphatic rings. The van der Waals surface area contributed by atoms with Gasteiger partial charge in [0.1, 0.15) is 12.2 Å². The fourth-order valence-corrected chi connectivity index (χ4v) is 1.70. The minimum atomic E-state index is -0.713. The molecule has 0 amide bonds. The third-order valence-electron chi connectivity index (χ3n) is 3.11. The zero-order chi connectivity index (χ0) is 13.5. The van der Waals surface area contributed by atoms with E-state index in [1.54, 1.807) is 11.6 Å². The van der Waals surface area contributed by atoms with E-state index in [0.29, 0.717) is 12.6 Å². The van der Waals surface area contributed by atoms with Crippen LogP contribution in [0.5, 0.6) is 0 Å². The van der Waals surface area contributed by atoms with E-state index in [2.05, 4.69) is 22.3 Å². The molecule has 0 aliphatic heterocycles. The van der Waals surface area contributed by atoms with Gasteiger partial charge in [-0.3, -0.25) is 9.48 Å². The Balaban J connectivity index is 2.16. The number of carboxylic acids is 1. The lowest BCUT2D eigenvalue weighted by molar-refractivity contribution is -0.141. The predicted octanol–water partition coefficient (Wildman–Crippen LogP) is 1.18. The first-order valence-electron chi connectivity index (χ1n) is 6.29. The minimum absolute atomic E-state index is 0.254. The largest absolute Gasteiger partial charge is 0.481 e. The second-order valence-corrected chi connectivity index (χ2v) is 4.75. The number of aliphatic carboxylic acids is 1. The fourth-order valence-electron chi connectivity index (χ4n) is 1.70. The normalized spacial score (nSPS) is 14.4. The van der Waals surface area contributed by atoms with Crippen LogP contribution in [0.3, 0.4) is 0 Å². The van der Waals surface area contributed by atoms with Crippen LogP contribution in [0.2, 0.25) is 0 Å². The molecule has 0 spiro atoms. The average molecular weight is 254 g/mol. The highest BCUT2D eigenvalue weighted by Gasteiger charge is 2.11. The van der Waals surface area contributed by atoms with Crippen molar-refractivity contribution >= 4 is 5.97 Å². The van der Waals surface area contributed by atoms with Crippen molar-refractivity contribution in [1.29, 1.82) is 0 Å². The highest BCUT2D eigenvalue weighted by Crippen LogP contribution is 2.09. The molecule has 102 valence electrons. The van der Waals surface area contributed by atoms with Crippen molar-refractivity contribution < 1.29 is 9.90 Å². The molecule has 0 aromatic carbocycles. The zero-order valence-corrected chi connectivity index (χ0v) is 11.3. The summed E-state index contributed by atoms with van der Waals surface area (Å²) in [5.74, 6) is -0.0635. The van der Waals surface area contributed by atoms with Gasteiger partial charge in [-0.05, 0) is 19.8 Å². The number of aromatic nitrogens is 3. The molecule has 1 aromatic heterocycles. The maximum Gasteiger partial charge on any atom is 0.306 e. The van der Waals surface area contributed by atoms with E-state index >= 15 is 0 Å². The Hall–Kier alpha value is -1.43. The summed E-state index contributed by atoms with van der Waals surface area (Å²) < 4.78 is 1.74. The van der Waals surface area contributed by atoms with Crippen molar-refractivity contribution in [3.05, 3.63) is 12.2 Å². The molecule has 0 bridgehead atoms. The molecule has 1 rings (SSSR count). The first-order chi connectivity index (χ1) is 8.50. The monoisotopic (exact) mass is 254 g/mol. The van der Waals surface area contributed by atoms with Crippen LogP contribution >= 0.6 is 0 Å². The van der Waals surface area contributed by atoms with Crippen molar-refractivity contribution in [1.82, 2.24) is 20.1 Å². The number of hydrogen-bond acceptors (Lipinski definition) is 4. The third-order valence-corrected chi connectivity index (χ3v) is 3.11. The molecule has 0 fully saturated rings. The van der Waals surface area contributed by atoms with Gasteiger partial charge in [-0.2, -0.15) is 5.10 Å². The van der Waals surface area contributed by atoms with Crippen LogP contribution in [0.25, 0.3) is 0 Å². The van der Waals surface area contributed by atoms with Gasteiger partial charge in [0.25, 0.3) is 0 Å². The Morgan fingerprint density at radius 2 is 2.22 bits per heavy atom. The van der Waals surface area contributed by atoms with Gasteiger partial charge in [-0.15, -0.1) is 0 Å². The van der Waals surface area contributed by atoms with Gasteiger partial charge < -0.3 is 10.4 Å². The molecule has 2 N–H and O–H groups in total. The number of hydrogen-bond donors (Lipinski definition) is 2. The minimum Gasteiger partial charge on any atom is -0.481 e. The molecule has 0 radical (unpaired) electrons. The summed E-state index contributed by atoms with van der Waals surface area (Å²) in [5, 5.41) is 16.1. The van der Waals surface area contributed by atoms with Crippen molar-refractivity contribution in [2.75, 3.05) is 0 Å². The average Bonchev–Trinajstić information content (AvgIpc) is 2.72. The Morgan fingerprint density at radius 3 is 2.78 bits per heavy atom. The molecule has 18 heavy (non-hydrogen) atoms. The molecule has 6 nitrogen and oxygen atoms in total. The van der Waals surface area contributed by atoms with Crippen LogP contribution in [0.1, 0.15) is 38.9 Å². The Kier molecular flexibility index (Phi) is 5.77. The highest BCUT2D eigenvalue weighted by molar-refractivity contribution is 5.69. The quantitative estimate of drug-likeness (QED) is 0.728. The maximum atomic E-state index is 10.7. The Morgan fingerprint density at radius 1 is 1.50 bits per heavy atom. The van der Waals surface area contributed by atoms with Gasteiger partial charge >= 0.3 is 5.97 Å². The number of aryl methyl sites for hydroxylation is 1. The van der Waals surface area contributed by atoms with Crippen LogP contribution < -0.4 is 5.32 Å². The fraction of sp³-hybridized carbons (Fsp3) is 0.750. The number of nitrogens with one attached hydrogen (secondary N) is 1. The number of rotatable bonds is 8. The van der Waals surface area contributed by atoms with Crippen molar-refractivity contribution in [3.63, 3.8) is 0 Å². The van der Waals surface area contributed by atoms with E-state index in [0.717, 1.165) is 25.1 Å². The van der Waals surface area contributed by atoms with Gasteiger partial charge in [0.05, 0.1) is 12.5 Å². The lowest BCUT2D eigenvalue weighted by Crippen LogP contribution is -2.27. The second-order valence-electron chi connectivity index (χ2n) is 4.75. The molecule has 0 saturated heterocycles. The topological polar surface area (TPSA) is 80.0 Å². The summed E-state index contributed by atoms with van der Waals surface area (Å²) in [6, 6.07) is 0.350. The smallest absolute Gasteiger partial charge is 0.306 e. The van der Waals surface area contributed by atoms with E-state index in [1.807, 2.05) is 7.05 Å². The molecule has 2 atom stereocenters. The van der Waals surface area contributed by atoms with Gasteiger partial charge in [0.2, 0.25) is 0 Å². The maximum absolute atomic E-state index is 10.7. The second kappa shape index (κ2) is 7.10. The SMILES string of the molecule is CC(CCCC(C)C(=O)O)NCc1ncnn1C. The standard InChI is InChI=1S/C12H22N4O2/c1-9(12(17)18)5-4-6-10(2)13-7-11-14-8-15-16(11)3/h8-10,13H,4-7H2,1-3H3,(H,17,18). The number of carbonyl (C=O) groups is 1.